The van der Waals surface area contributed by atoms with E-state index >= 15 is 0 Å². The van der Waals surface area contributed by atoms with E-state index in [1.54, 1.807) is 19.6 Å². The second-order valence-electron chi connectivity index (χ2n) is 4.55. The molecular formula is C12H16N5ORe-. The molecule has 1 unspecified atom stereocenters. The Labute approximate surface area is 125 Å². The SMILES string of the molecule is COCCCC1CCN1c1ncnc2[n-]ncc12.[Re]. The van der Waals surface area contributed by atoms with Gasteiger partial charge in [-0.25, -0.2) is 4.98 Å². The standard InChI is InChI=1S/C12H16N5O.Re/c1-18-6-2-3-9-4-5-17(9)12-10-7-15-16-11(10)13-8-14-12;/h7-9H,2-6H2,1H3;/q-1;. The maximum atomic E-state index is 5.10. The van der Waals surface area contributed by atoms with Crippen LogP contribution >= 0.6 is 0 Å². The Morgan fingerprint density at radius 2 is 2.37 bits per heavy atom. The summed E-state index contributed by atoms with van der Waals surface area (Å²) in [6, 6.07) is 0.563. The number of fused-ring (bicyclic) bond motifs is 1. The molecule has 3 rings (SSSR count). The van der Waals surface area contributed by atoms with Gasteiger partial charge >= 0.3 is 0 Å². The predicted molar refractivity (Wildman–Crippen MR) is 67.5 cm³/mol. The third-order valence-corrected chi connectivity index (χ3v) is 3.48. The van der Waals surface area contributed by atoms with Crippen molar-refractivity contribution >= 4 is 16.9 Å². The van der Waals surface area contributed by atoms with Gasteiger partial charge in [0.1, 0.15) is 5.82 Å². The summed E-state index contributed by atoms with van der Waals surface area (Å²) in [4.78, 5) is 10.8. The van der Waals surface area contributed by atoms with Crippen molar-refractivity contribution in [3.05, 3.63) is 12.5 Å². The van der Waals surface area contributed by atoms with Gasteiger partial charge in [0.2, 0.25) is 0 Å². The summed E-state index contributed by atoms with van der Waals surface area (Å²) in [6.45, 7) is 1.87. The fourth-order valence-electron chi connectivity index (χ4n) is 2.43. The number of methoxy groups -OCH3 is 1. The zero-order valence-corrected chi connectivity index (χ0v) is 13.5. The van der Waals surface area contributed by atoms with E-state index in [1.165, 1.54) is 6.42 Å². The number of anilines is 1. The Morgan fingerprint density at radius 3 is 3.11 bits per heavy atom. The van der Waals surface area contributed by atoms with E-state index in [-0.39, 0.29) is 20.4 Å². The van der Waals surface area contributed by atoms with Crippen LogP contribution in [0.1, 0.15) is 19.3 Å². The van der Waals surface area contributed by atoms with Gasteiger partial charge in [0, 0.05) is 64.6 Å². The molecule has 6 nitrogen and oxygen atoms in total. The molecule has 2 aromatic heterocycles. The van der Waals surface area contributed by atoms with E-state index in [9.17, 15) is 0 Å². The summed E-state index contributed by atoms with van der Waals surface area (Å²) in [5, 5.41) is 8.83. The molecule has 1 saturated heterocycles. The minimum atomic E-state index is 0. The summed E-state index contributed by atoms with van der Waals surface area (Å²) in [6.07, 6.45) is 6.76. The average Bonchev–Trinajstić information content (AvgIpc) is 2.82. The second-order valence-corrected chi connectivity index (χ2v) is 4.55. The van der Waals surface area contributed by atoms with Gasteiger partial charge in [-0.1, -0.05) is 0 Å². The Balaban J connectivity index is 0.00000133. The van der Waals surface area contributed by atoms with E-state index in [0.29, 0.717) is 11.7 Å². The minimum Gasteiger partial charge on any atom is -0.425 e. The van der Waals surface area contributed by atoms with Gasteiger partial charge in [-0.15, -0.1) is 0 Å². The van der Waals surface area contributed by atoms with Crippen LogP contribution < -0.4 is 10.00 Å². The number of rotatable bonds is 5. The molecule has 2 aromatic rings. The molecule has 103 valence electrons. The van der Waals surface area contributed by atoms with E-state index in [1.807, 2.05) is 0 Å². The number of ether oxygens (including phenoxy) is 1. The van der Waals surface area contributed by atoms with Gasteiger partial charge < -0.3 is 19.7 Å². The summed E-state index contributed by atoms with van der Waals surface area (Å²) in [5.74, 6) is 0.971. The van der Waals surface area contributed by atoms with Crippen molar-refractivity contribution in [3.8, 4) is 0 Å². The van der Waals surface area contributed by atoms with Gasteiger partial charge in [-0.05, 0) is 24.9 Å². The van der Waals surface area contributed by atoms with Crippen molar-refractivity contribution in [2.24, 2.45) is 0 Å². The molecule has 0 aromatic carbocycles. The third-order valence-electron chi connectivity index (χ3n) is 3.48. The first-order valence-corrected chi connectivity index (χ1v) is 6.25. The average molecular weight is 433 g/mol. The van der Waals surface area contributed by atoms with Crippen LogP contribution in [0, 0.1) is 0 Å². The monoisotopic (exact) mass is 433 g/mol. The summed E-state index contributed by atoms with van der Waals surface area (Å²) < 4.78 is 5.10. The molecule has 0 amide bonds. The molecule has 1 aliphatic heterocycles. The Hall–Kier alpha value is -1.03. The number of hydrogen-bond acceptors (Lipinski definition) is 5. The number of aromatic nitrogens is 4. The van der Waals surface area contributed by atoms with Crippen molar-refractivity contribution in [3.63, 3.8) is 0 Å². The van der Waals surface area contributed by atoms with Crippen molar-refractivity contribution in [2.75, 3.05) is 25.2 Å². The molecule has 1 aliphatic rings. The molecule has 1 fully saturated rings. The van der Waals surface area contributed by atoms with E-state index in [4.69, 9.17) is 4.74 Å². The summed E-state index contributed by atoms with van der Waals surface area (Å²) in [7, 11) is 1.74. The van der Waals surface area contributed by atoms with Crippen LogP contribution in [0.4, 0.5) is 5.82 Å². The van der Waals surface area contributed by atoms with Crippen molar-refractivity contribution in [1.29, 1.82) is 0 Å². The molecule has 7 heteroatoms. The number of nitrogens with zero attached hydrogens (tertiary/aromatic N) is 5. The third kappa shape index (κ3) is 2.78. The van der Waals surface area contributed by atoms with Crippen LogP contribution in [-0.4, -0.2) is 41.4 Å². The molecule has 1 atom stereocenters. The molecule has 0 N–H and O–H groups in total. The molecule has 1 radical (unpaired) electrons. The van der Waals surface area contributed by atoms with Gasteiger partial charge in [0.15, 0.2) is 0 Å². The maximum absolute atomic E-state index is 5.10. The van der Waals surface area contributed by atoms with E-state index in [0.717, 1.165) is 37.2 Å². The molecule has 0 saturated carbocycles. The van der Waals surface area contributed by atoms with Gasteiger partial charge in [-0.3, -0.25) is 5.10 Å². The molecule has 0 bridgehead atoms. The quantitative estimate of drug-likeness (QED) is 0.657. The Bertz CT molecular complexity index is 532. The van der Waals surface area contributed by atoms with E-state index < -0.39 is 0 Å². The van der Waals surface area contributed by atoms with Gasteiger partial charge in [0.25, 0.3) is 0 Å². The van der Waals surface area contributed by atoms with Crippen LogP contribution in [0.3, 0.4) is 0 Å². The zero-order valence-electron chi connectivity index (χ0n) is 10.8. The molecule has 0 aliphatic carbocycles. The van der Waals surface area contributed by atoms with Crippen LogP contribution in [-0.2, 0) is 25.2 Å². The topological polar surface area (TPSA) is 65.2 Å². The normalized spacial score (nSPS) is 18.2. The van der Waals surface area contributed by atoms with Crippen LogP contribution in [0.25, 0.3) is 11.0 Å². The molecule has 19 heavy (non-hydrogen) atoms. The Morgan fingerprint density at radius 1 is 1.47 bits per heavy atom. The largest absolute Gasteiger partial charge is 0.425 e. The van der Waals surface area contributed by atoms with Crippen LogP contribution in [0.2, 0.25) is 0 Å². The molecule has 0 spiro atoms. The van der Waals surface area contributed by atoms with Gasteiger partial charge in [0.05, 0.1) is 0 Å². The fourth-order valence-corrected chi connectivity index (χ4v) is 2.43. The first-order valence-electron chi connectivity index (χ1n) is 6.25. The van der Waals surface area contributed by atoms with Crippen molar-refractivity contribution in [1.82, 2.24) is 20.2 Å². The van der Waals surface area contributed by atoms with Gasteiger partial charge in [-0.2, -0.15) is 0 Å². The van der Waals surface area contributed by atoms with Crippen molar-refractivity contribution in [2.45, 2.75) is 25.3 Å². The second kappa shape index (κ2) is 6.42. The predicted octanol–water partition coefficient (Wildman–Crippen LogP) is 0.985. The maximum Gasteiger partial charge on any atom is 0.137 e. The summed E-state index contributed by atoms with van der Waals surface area (Å²) >= 11 is 0. The summed E-state index contributed by atoms with van der Waals surface area (Å²) in [5.41, 5.74) is 0.683. The molecular weight excluding hydrogens is 416 g/mol. The fraction of sp³-hybridized carbons (Fsp3) is 0.583. The smallest absolute Gasteiger partial charge is 0.137 e. The minimum absolute atomic E-state index is 0. The van der Waals surface area contributed by atoms with Crippen molar-refractivity contribution < 1.29 is 25.2 Å². The molecule has 3 heterocycles. The van der Waals surface area contributed by atoms with E-state index in [2.05, 4.69) is 25.1 Å². The Kier molecular flexibility index (Phi) is 4.86. The first kappa shape index (κ1) is 14.4. The van der Waals surface area contributed by atoms with Crippen LogP contribution in [0.15, 0.2) is 12.5 Å². The van der Waals surface area contributed by atoms with Crippen LogP contribution in [0.5, 0.6) is 0 Å². The zero-order chi connectivity index (χ0) is 12.4. The first-order chi connectivity index (χ1) is 8.90. The number of hydrogen-bond donors (Lipinski definition) is 0.